The Labute approximate surface area is 185 Å². The fourth-order valence-corrected chi connectivity index (χ4v) is 3.76. The van der Waals surface area contributed by atoms with Crippen LogP contribution < -0.4 is 15.1 Å². The first kappa shape index (κ1) is 21.1. The number of morpholine rings is 1. The van der Waals surface area contributed by atoms with Gasteiger partial charge in [0.05, 0.1) is 26.0 Å². The second-order valence-corrected chi connectivity index (χ2v) is 7.95. The third-order valence-electron chi connectivity index (χ3n) is 4.59. The molecule has 1 aliphatic heterocycles. The fourth-order valence-electron chi connectivity index (χ4n) is 2.96. The molecular weight excluding hydrogens is 414 g/mol. The minimum Gasteiger partial charge on any atom is -0.463 e. The molecule has 1 saturated heterocycles. The summed E-state index contributed by atoms with van der Waals surface area (Å²) in [6.45, 7) is 5.29. The number of hydrogen-bond acceptors (Lipinski definition) is 10. The van der Waals surface area contributed by atoms with Crippen LogP contribution in [0.2, 0.25) is 0 Å². The average molecular weight is 440 g/mol. The molecule has 162 valence electrons. The summed E-state index contributed by atoms with van der Waals surface area (Å²) < 4.78 is 11.3. The highest BCUT2D eigenvalue weighted by atomic mass is 32.1. The van der Waals surface area contributed by atoms with Crippen LogP contribution in [0.25, 0.3) is 0 Å². The lowest BCUT2D eigenvalue weighted by Gasteiger charge is -2.26. The Kier molecular flexibility index (Phi) is 7.35. The number of hydrogen-bond donors (Lipinski definition) is 1. The van der Waals surface area contributed by atoms with Crippen molar-refractivity contribution in [3.8, 4) is 6.01 Å². The van der Waals surface area contributed by atoms with E-state index >= 15 is 0 Å². The number of hydrazone groups is 1. The van der Waals surface area contributed by atoms with E-state index in [1.807, 2.05) is 24.3 Å². The number of thiophene rings is 1. The van der Waals surface area contributed by atoms with Gasteiger partial charge in [-0.3, -0.25) is 10.4 Å². The zero-order chi connectivity index (χ0) is 21.3. The number of aryl methyl sites for hydroxylation is 1. The van der Waals surface area contributed by atoms with E-state index < -0.39 is 0 Å². The smallest absolute Gasteiger partial charge is 0.321 e. The Bertz CT molecular complexity index is 990. The molecule has 31 heavy (non-hydrogen) atoms. The lowest BCUT2D eigenvalue weighted by Crippen LogP contribution is -2.37. The lowest BCUT2D eigenvalue weighted by molar-refractivity contribution is 0.122. The van der Waals surface area contributed by atoms with Crippen molar-refractivity contribution in [1.29, 1.82) is 0 Å². The Morgan fingerprint density at radius 2 is 2.10 bits per heavy atom. The first-order valence-electron chi connectivity index (χ1n) is 10.3. The van der Waals surface area contributed by atoms with E-state index in [1.54, 1.807) is 23.7 Å². The zero-order valence-corrected chi connectivity index (χ0v) is 18.2. The van der Waals surface area contributed by atoms with Gasteiger partial charge in [-0.15, -0.1) is 11.3 Å². The van der Waals surface area contributed by atoms with Crippen molar-refractivity contribution in [3.63, 3.8) is 0 Å². The maximum Gasteiger partial charge on any atom is 0.321 e. The number of pyridine rings is 1. The highest BCUT2D eigenvalue weighted by Crippen LogP contribution is 2.22. The van der Waals surface area contributed by atoms with Crippen molar-refractivity contribution >= 4 is 28.5 Å². The predicted octanol–water partition coefficient (Wildman–Crippen LogP) is 2.79. The second-order valence-electron chi connectivity index (χ2n) is 6.78. The van der Waals surface area contributed by atoms with Crippen LogP contribution in [-0.2, 0) is 17.6 Å². The number of anilines is 2. The maximum absolute atomic E-state index is 5.82. The molecule has 0 aliphatic carbocycles. The molecule has 10 heteroatoms. The van der Waals surface area contributed by atoms with E-state index in [0.717, 1.165) is 30.2 Å². The van der Waals surface area contributed by atoms with E-state index in [9.17, 15) is 0 Å². The SMILES string of the molecule is CCc1ccc(NN=Cc2nc(OCCc3ccccn3)nc(N3CCOCC3)n2)s1. The van der Waals surface area contributed by atoms with E-state index in [0.29, 0.717) is 38.0 Å². The summed E-state index contributed by atoms with van der Waals surface area (Å²) in [5.41, 5.74) is 3.99. The quantitative estimate of drug-likeness (QED) is 0.402. The van der Waals surface area contributed by atoms with Gasteiger partial charge in [0.15, 0.2) is 5.82 Å². The molecule has 1 aliphatic rings. The van der Waals surface area contributed by atoms with Crippen molar-refractivity contribution in [2.24, 2.45) is 5.10 Å². The fraction of sp³-hybridized carbons (Fsp3) is 0.381. The summed E-state index contributed by atoms with van der Waals surface area (Å²) in [7, 11) is 0. The molecule has 3 aromatic rings. The van der Waals surface area contributed by atoms with Gasteiger partial charge < -0.3 is 14.4 Å². The van der Waals surface area contributed by atoms with Gasteiger partial charge in [-0.05, 0) is 30.7 Å². The molecule has 0 amide bonds. The van der Waals surface area contributed by atoms with E-state index in [2.05, 4.69) is 48.4 Å². The second kappa shape index (κ2) is 10.8. The van der Waals surface area contributed by atoms with Crippen molar-refractivity contribution < 1.29 is 9.47 Å². The molecule has 4 rings (SSSR count). The van der Waals surface area contributed by atoms with E-state index in [1.165, 1.54) is 4.88 Å². The third kappa shape index (κ3) is 6.19. The number of nitrogens with zero attached hydrogens (tertiary/aromatic N) is 6. The molecule has 0 atom stereocenters. The summed E-state index contributed by atoms with van der Waals surface area (Å²) in [6.07, 6.45) is 5.03. The molecule has 1 N–H and O–H groups in total. The van der Waals surface area contributed by atoms with Crippen LogP contribution in [-0.4, -0.2) is 59.1 Å². The molecule has 0 saturated carbocycles. The Balaban J connectivity index is 1.46. The van der Waals surface area contributed by atoms with Crippen LogP contribution in [0.4, 0.5) is 10.9 Å². The van der Waals surface area contributed by atoms with Gasteiger partial charge in [0.2, 0.25) is 5.95 Å². The number of nitrogens with one attached hydrogen (secondary N) is 1. The van der Waals surface area contributed by atoms with Gasteiger partial charge in [-0.25, -0.2) is 0 Å². The van der Waals surface area contributed by atoms with Crippen molar-refractivity contribution in [2.45, 2.75) is 19.8 Å². The molecule has 4 heterocycles. The van der Waals surface area contributed by atoms with E-state index in [4.69, 9.17) is 9.47 Å². The Morgan fingerprint density at radius 1 is 1.19 bits per heavy atom. The lowest BCUT2D eigenvalue weighted by atomic mass is 10.3. The Hall–Kier alpha value is -3.11. The third-order valence-corrected chi connectivity index (χ3v) is 5.73. The van der Waals surface area contributed by atoms with Crippen LogP contribution in [0.3, 0.4) is 0 Å². The van der Waals surface area contributed by atoms with Gasteiger partial charge in [0.1, 0.15) is 5.00 Å². The predicted molar refractivity (Wildman–Crippen MR) is 121 cm³/mol. The van der Waals surface area contributed by atoms with Crippen LogP contribution >= 0.6 is 11.3 Å². The molecular formula is C21H25N7O2S. The molecule has 9 nitrogen and oxygen atoms in total. The van der Waals surface area contributed by atoms with Crippen molar-refractivity contribution in [1.82, 2.24) is 19.9 Å². The molecule has 1 fully saturated rings. The number of aromatic nitrogens is 4. The van der Waals surface area contributed by atoms with Crippen molar-refractivity contribution in [3.05, 3.63) is 52.9 Å². The molecule has 0 spiro atoms. The minimum atomic E-state index is 0.276. The standard InChI is InChI=1S/C21H25N7O2S/c1-2-17-6-7-19(31-17)27-23-15-18-24-20(28-10-13-29-14-11-28)26-21(25-18)30-12-8-16-5-3-4-9-22-16/h3-7,9,15,27H,2,8,10-14H2,1H3. The molecule has 0 bridgehead atoms. The summed E-state index contributed by atoms with van der Waals surface area (Å²) >= 11 is 1.68. The number of ether oxygens (including phenoxy) is 2. The molecule has 0 radical (unpaired) electrons. The van der Waals surface area contributed by atoms with Crippen LogP contribution in [0.5, 0.6) is 6.01 Å². The zero-order valence-electron chi connectivity index (χ0n) is 17.4. The average Bonchev–Trinajstić information content (AvgIpc) is 3.28. The van der Waals surface area contributed by atoms with Crippen LogP contribution in [0.15, 0.2) is 41.6 Å². The first-order chi connectivity index (χ1) is 15.3. The van der Waals surface area contributed by atoms with E-state index in [-0.39, 0.29) is 6.01 Å². The van der Waals surface area contributed by atoms with Crippen LogP contribution in [0, 0.1) is 0 Å². The first-order valence-corrected chi connectivity index (χ1v) is 11.1. The largest absolute Gasteiger partial charge is 0.463 e. The Morgan fingerprint density at radius 3 is 2.87 bits per heavy atom. The topological polar surface area (TPSA) is 97.7 Å². The minimum absolute atomic E-state index is 0.276. The summed E-state index contributed by atoms with van der Waals surface area (Å²) in [4.78, 5) is 21.1. The number of rotatable bonds is 9. The van der Waals surface area contributed by atoms with Crippen molar-refractivity contribution in [2.75, 3.05) is 43.2 Å². The molecule has 0 unspecified atom stereocenters. The molecule has 0 aromatic carbocycles. The van der Waals surface area contributed by atoms with Gasteiger partial charge in [0, 0.05) is 36.3 Å². The normalized spacial score (nSPS) is 14.2. The van der Waals surface area contributed by atoms with Gasteiger partial charge >= 0.3 is 6.01 Å². The highest BCUT2D eigenvalue weighted by Gasteiger charge is 2.17. The molecule has 3 aromatic heterocycles. The van der Waals surface area contributed by atoms with Gasteiger partial charge in [0.25, 0.3) is 0 Å². The summed E-state index contributed by atoms with van der Waals surface area (Å²) in [6, 6.07) is 10.2. The summed E-state index contributed by atoms with van der Waals surface area (Å²) in [5, 5.41) is 5.26. The van der Waals surface area contributed by atoms with Crippen LogP contribution in [0.1, 0.15) is 23.3 Å². The van der Waals surface area contributed by atoms with Gasteiger partial charge in [-0.1, -0.05) is 13.0 Å². The van der Waals surface area contributed by atoms with Gasteiger partial charge in [-0.2, -0.15) is 20.1 Å². The monoisotopic (exact) mass is 439 g/mol. The maximum atomic E-state index is 5.82. The highest BCUT2D eigenvalue weighted by molar-refractivity contribution is 7.16. The summed E-state index contributed by atoms with van der Waals surface area (Å²) in [5.74, 6) is 1.00.